The maximum atomic E-state index is 13.7. The van der Waals surface area contributed by atoms with Gasteiger partial charge in [0.25, 0.3) is 5.78 Å². The number of anilines is 1. The molecular weight excluding hydrogens is 560 g/mol. The third-order valence-electron chi connectivity index (χ3n) is 6.93. The predicted molar refractivity (Wildman–Crippen MR) is 157 cm³/mol. The van der Waals surface area contributed by atoms with Crippen molar-refractivity contribution in [2.24, 2.45) is 0 Å². The van der Waals surface area contributed by atoms with Crippen LogP contribution in [0.15, 0.2) is 60.2 Å². The van der Waals surface area contributed by atoms with Crippen molar-refractivity contribution in [3.8, 4) is 28.7 Å². The van der Waals surface area contributed by atoms with Crippen molar-refractivity contribution in [3.63, 3.8) is 0 Å². The SMILES string of the molecule is CCOc1ccc2nc(N3C(=O)C(=O)/C(=C(/O)c4ccc5c(c4)OCCO5)C3c3ccc(OCC)c(OC)c3)sc2c1. The highest BCUT2D eigenvalue weighted by Crippen LogP contribution is 2.46. The summed E-state index contributed by atoms with van der Waals surface area (Å²) in [4.78, 5) is 33.4. The monoisotopic (exact) mass is 588 g/mol. The van der Waals surface area contributed by atoms with Crippen LogP contribution < -0.4 is 28.6 Å². The maximum absolute atomic E-state index is 13.7. The van der Waals surface area contributed by atoms with Crippen molar-refractivity contribution < 1.29 is 38.4 Å². The van der Waals surface area contributed by atoms with Crippen LogP contribution in [-0.4, -0.2) is 55.3 Å². The van der Waals surface area contributed by atoms with Gasteiger partial charge in [-0.05, 0) is 67.9 Å². The van der Waals surface area contributed by atoms with E-state index in [9.17, 15) is 14.7 Å². The number of hydrogen-bond acceptors (Lipinski definition) is 10. The van der Waals surface area contributed by atoms with E-state index in [4.69, 9.17) is 23.7 Å². The van der Waals surface area contributed by atoms with E-state index >= 15 is 0 Å². The number of nitrogens with zero attached hydrogens (tertiary/aromatic N) is 2. The fraction of sp³-hybridized carbons (Fsp3) is 0.258. The molecule has 0 bridgehead atoms. The Morgan fingerprint density at radius 2 is 1.76 bits per heavy atom. The van der Waals surface area contributed by atoms with Crippen LogP contribution in [0.3, 0.4) is 0 Å². The molecule has 2 aliphatic heterocycles. The lowest BCUT2D eigenvalue weighted by molar-refractivity contribution is -0.132. The average molecular weight is 589 g/mol. The summed E-state index contributed by atoms with van der Waals surface area (Å²) < 4.78 is 29.0. The number of thiazole rings is 1. The van der Waals surface area contributed by atoms with Crippen molar-refractivity contribution in [1.29, 1.82) is 0 Å². The van der Waals surface area contributed by atoms with E-state index in [1.807, 2.05) is 19.9 Å². The van der Waals surface area contributed by atoms with Gasteiger partial charge >= 0.3 is 5.91 Å². The molecule has 1 fully saturated rings. The Morgan fingerprint density at radius 3 is 2.52 bits per heavy atom. The second kappa shape index (κ2) is 11.2. The summed E-state index contributed by atoms with van der Waals surface area (Å²) >= 11 is 1.25. The van der Waals surface area contributed by atoms with Gasteiger partial charge in [-0.15, -0.1) is 0 Å². The highest BCUT2D eigenvalue weighted by molar-refractivity contribution is 7.22. The number of carbonyl (C=O) groups excluding carboxylic acids is 2. The van der Waals surface area contributed by atoms with Crippen LogP contribution >= 0.6 is 11.3 Å². The standard InChI is InChI=1S/C31H28N2O8S/c1-4-38-19-8-9-20-25(16-19)42-31(32-20)33-27(17-6-10-21(39-5-2)23(14-17)37-3)26(29(35)30(33)36)28(34)18-7-11-22-24(15-18)41-13-12-40-22/h6-11,14-16,27,34H,4-5,12-13H2,1-3H3/b28-26+. The molecule has 3 heterocycles. The smallest absolute Gasteiger partial charge is 0.301 e. The molecule has 1 aromatic heterocycles. The van der Waals surface area contributed by atoms with Gasteiger partial charge in [-0.3, -0.25) is 14.5 Å². The molecular formula is C31H28N2O8S. The largest absolute Gasteiger partial charge is 0.507 e. The Labute approximate surface area is 245 Å². The number of aromatic nitrogens is 1. The number of amides is 1. The van der Waals surface area contributed by atoms with Crippen molar-refractivity contribution in [1.82, 2.24) is 4.98 Å². The Balaban J connectivity index is 1.53. The number of Topliss-reactive ketones (excluding diaryl/α,β-unsaturated/α-hetero) is 1. The molecule has 1 saturated heterocycles. The zero-order valence-corrected chi connectivity index (χ0v) is 24.0. The molecule has 3 aromatic carbocycles. The van der Waals surface area contributed by atoms with Crippen LogP contribution in [0.25, 0.3) is 16.0 Å². The molecule has 42 heavy (non-hydrogen) atoms. The molecule has 1 N–H and O–H groups in total. The minimum absolute atomic E-state index is 0.0860. The zero-order valence-electron chi connectivity index (χ0n) is 23.2. The normalized spacial score (nSPS) is 17.5. The molecule has 0 saturated carbocycles. The Bertz CT molecular complexity index is 1730. The van der Waals surface area contributed by atoms with Gasteiger partial charge in [-0.25, -0.2) is 4.98 Å². The van der Waals surface area contributed by atoms with Gasteiger partial charge < -0.3 is 28.8 Å². The number of aliphatic hydroxyl groups is 1. The van der Waals surface area contributed by atoms with Crippen molar-refractivity contribution in [2.45, 2.75) is 19.9 Å². The van der Waals surface area contributed by atoms with Crippen LogP contribution in [0.2, 0.25) is 0 Å². The summed E-state index contributed by atoms with van der Waals surface area (Å²) in [6.07, 6.45) is 0. The van der Waals surface area contributed by atoms with E-state index in [-0.39, 0.29) is 11.3 Å². The van der Waals surface area contributed by atoms with Crippen molar-refractivity contribution in [3.05, 3.63) is 71.3 Å². The minimum atomic E-state index is -1.00. The molecule has 1 atom stereocenters. The Kier molecular flexibility index (Phi) is 7.34. The highest BCUT2D eigenvalue weighted by atomic mass is 32.1. The van der Waals surface area contributed by atoms with Gasteiger partial charge in [0.05, 0.1) is 42.2 Å². The van der Waals surface area contributed by atoms with Crippen LogP contribution in [-0.2, 0) is 9.59 Å². The summed E-state index contributed by atoms with van der Waals surface area (Å²) in [6.45, 7) is 5.46. The number of ketones is 1. The lowest BCUT2D eigenvalue weighted by atomic mass is 9.95. The summed E-state index contributed by atoms with van der Waals surface area (Å²) in [5, 5.41) is 11.9. The molecule has 6 rings (SSSR count). The molecule has 1 amide bonds. The second-order valence-corrected chi connectivity index (χ2v) is 10.4. The first-order valence-electron chi connectivity index (χ1n) is 13.5. The topological polar surface area (TPSA) is 117 Å². The summed E-state index contributed by atoms with van der Waals surface area (Å²) in [5.74, 6) is 0.590. The molecule has 2 aliphatic rings. The fourth-order valence-electron chi connectivity index (χ4n) is 5.07. The van der Waals surface area contributed by atoms with E-state index in [1.165, 1.54) is 23.3 Å². The number of rotatable bonds is 8. The predicted octanol–water partition coefficient (Wildman–Crippen LogP) is 5.50. The third kappa shape index (κ3) is 4.75. The molecule has 0 spiro atoms. The van der Waals surface area contributed by atoms with Crippen LogP contribution in [0.1, 0.15) is 31.0 Å². The highest BCUT2D eigenvalue weighted by Gasteiger charge is 2.48. The van der Waals surface area contributed by atoms with Crippen molar-refractivity contribution in [2.75, 3.05) is 38.4 Å². The quantitative estimate of drug-likeness (QED) is 0.162. The minimum Gasteiger partial charge on any atom is -0.507 e. The lowest BCUT2D eigenvalue weighted by Gasteiger charge is -2.24. The second-order valence-electron chi connectivity index (χ2n) is 9.43. The number of fused-ring (bicyclic) bond motifs is 2. The average Bonchev–Trinajstić information content (AvgIpc) is 3.54. The summed E-state index contributed by atoms with van der Waals surface area (Å²) in [7, 11) is 1.51. The Morgan fingerprint density at radius 1 is 0.976 bits per heavy atom. The van der Waals surface area contributed by atoms with Crippen LogP contribution in [0, 0.1) is 0 Å². The Hall–Kier alpha value is -4.77. The van der Waals surface area contributed by atoms with Gasteiger partial charge in [0.15, 0.2) is 28.1 Å². The molecule has 0 radical (unpaired) electrons. The van der Waals surface area contributed by atoms with E-state index in [1.54, 1.807) is 48.5 Å². The fourth-order valence-corrected chi connectivity index (χ4v) is 6.09. The molecule has 11 heteroatoms. The van der Waals surface area contributed by atoms with Crippen LogP contribution in [0.5, 0.6) is 28.7 Å². The maximum Gasteiger partial charge on any atom is 0.301 e. The molecule has 10 nitrogen and oxygen atoms in total. The lowest BCUT2D eigenvalue weighted by Crippen LogP contribution is -2.29. The first kappa shape index (κ1) is 27.4. The number of benzene rings is 3. The number of methoxy groups -OCH3 is 1. The van der Waals surface area contributed by atoms with Gasteiger partial charge in [-0.1, -0.05) is 17.4 Å². The summed E-state index contributed by atoms with van der Waals surface area (Å²) in [6, 6.07) is 14.5. The molecule has 1 unspecified atom stereocenters. The zero-order chi connectivity index (χ0) is 29.4. The summed E-state index contributed by atoms with van der Waals surface area (Å²) in [5.41, 5.74) is 1.40. The first-order chi connectivity index (χ1) is 20.4. The first-order valence-corrected chi connectivity index (χ1v) is 14.3. The number of carbonyl (C=O) groups is 2. The van der Waals surface area contributed by atoms with Gasteiger partial charge in [-0.2, -0.15) is 0 Å². The van der Waals surface area contributed by atoms with E-state index < -0.39 is 17.7 Å². The van der Waals surface area contributed by atoms with E-state index in [0.717, 1.165) is 4.70 Å². The third-order valence-corrected chi connectivity index (χ3v) is 7.95. The van der Waals surface area contributed by atoms with Gasteiger partial charge in [0, 0.05) is 5.56 Å². The van der Waals surface area contributed by atoms with E-state index in [0.29, 0.717) is 77.0 Å². The number of hydrogen-bond donors (Lipinski definition) is 1. The van der Waals surface area contributed by atoms with Gasteiger partial charge in [0.2, 0.25) is 0 Å². The van der Waals surface area contributed by atoms with Gasteiger partial charge in [0.1, 0.15) is 24.7 Å². The molecule has 216 valence electrons. The van der Waals surface area contributed by atoms with E-state index in [2.05, 4.69) is 4.98 Å². The molecule has 4 aromatic rings. The molecule has 0 aliphatic carbocycles. The number of aliphatic hydroxyl groups excluding tert-OH is 1. The van der Waals surface area contributed by atoms with Crippen LogP contribution in [0.4, 0.5) is 5.13 Å². The van der Waals surface area contributed by atoms with Crippen molar-refractivity contribution >= 4 is 44.1 Å². The number of ether oxygens (including phenoxy) is 5.